The first-order chi connectivity index (χ1) is 6.88. The van der Waals surface area contributed by atoms with Crippen LogP contribution in [0.4, 0.5) is 11.4 Å². The first-order valence-electron chi connectivity index (χ1n) is 5.47. The third kappa shape index (κ3) is 2.00. The zero-order valence-electron chi connectivity index (χ0n) is 8.58. The van der Waals surface area contributed by atoms with Crippen LogP contribution < -0.4 is 10.6 Å². The topological polar surface area (TPSA) is 29.3 Å². The van der Waals surface area contributed by atoms with Crippen molar-refractivity contribution in [1.29, 1.82) is 0 Å². The van der Waals surface area contributed by atoms with Gasteiger partial charge in [0.1, 0.15) is 0 Å². The minimum absolute atomic E-state index is 0.911. The lowest BCUT2D eigenvalue weighted by Crippen LogP contribution is -2.24. The molecule has 1 heterocycles. The number of para-hydroxylation sites is 2. The summed E-state index contributed by atoms with van der Waals surface area (Å²) in [5.74, 6) is 0. The molecule has 0 aliphatic carbocycles. The molecule has 0 unspecified atom stereocenters. The summed E-state index contributed by atoms with van der Waals surface area (Å²) in [6, 6.07) is 8.17. The summed E-state index contributed by atoms with van der Waals surface area (Å²) in [6.45, 7) is 2.32. The molecule has 0 saturated carbocycles. The van der Waals surface area contributed by atoms with E-state index in [-0.39, 0.29) is 0 Å². The molecular formula is C12H18N2. The molecule has 0 bridgehead atoms. The van der Waals surface area contributed by atoms with E-state index in [9.17, 15) is 0 Å². The van der Waals surface area contributed by atoms with Gasteiger partial charge < -0.3 is 10.6 Å². The van der Waals surface area contributed by atoms with Crippen LogP contribution in [-0.4, -0.2) is 13.1 Å². The van der Waals surface area contributed by atoms with E-state index in [1.807, 2.05) is 12.1 Å². The van der Waals surface area contributed by atoms with Crippen molar-refractivity contribution in [2.75, 3.05) is 23.7 Å². The summed E-state index contributed by atoms with van der Waals surface area (Å²) in [5, 5.41) is 0. The smallest absolute Gasteiger partial charge is 0.0599 e. The van der Waals surface area contributed by atoms with Crippen molar-refractivity contribution >= 4 is 11.4 Å². The van der Waals surface area contributed by atoms with Crippen molar-refractivity contribution in [3.63, 3.8) is 0 Å². The van der Waals surface area contributed by atoms with Gasteiger partial charge in [0.15, 0.2) is 0 Å². The highest BCUT2D eigenvalue weighted by Gasteiger charge is 2.11. The highest BCUT2D eigenvalue weighted by molar-refractivity contribution is 5.67. The number of nitrogen functional groups attached to an aromatic ring is 1. The van der Waals surface area contributed by atoms with Crippen LogP contribution in [0.15, 0.2) is 24.3 Å². The number of anilines is 2. The molecule has 76 valence electrons. The lowest BCUT2D eigenvalue weighted by Gasteiger charge is -2.23. The van der Waals surface area contributed by atoms with Crippen LogP contribution in [-0.2, 0) is 0 Å². The molecule has 1 saturated heterocycles. The summed E-state index contributed by atoms with van der Waals surface area (Å²) in [4.78, 5) is 2.42. The van der Waals surface area contributed by atoms with Crippen molar-refractivity contribution in [1.82, 2.24) is 0 Å². The highest BCUT2D eigenvalue weighted by Crippen LogP contribution is 2.24. The number of hydrogen-bond acceptors (Lipinski definition) is 2. The third-order valence-corrected chi connectivity index (χ3v) is 2.88. The molecule has 1 aromatic carbocycles. The Balaban J connectivity index is 2.16. The molecule has 0 spiro atoms. The van der Waals surface area contributed by atoms with Crippen LogP contribution in [0.2, 0.25) is 0 Å². The number of hydrogen-bond donors (Lipinski definition) is 1. The Morgan fingerprint density at radius 1 is 0.929 bits per heavy atom. The Labute approximate surface area is 85.7 Å². The van der Waals surface area contributed by atoms with Crippen LogP contribution >= 0.6 is 0 Å². The molecule has 1 aliphatic heterocycles. The molecule has 14 heavy (non-hydrogen) atoms. The van der Waals surface area contributed by atoms with E-state index in [1.54, 1.807) is 0 Å². The summed E-state index contributed by atoms with van der Waals surface area (Å²) in [5.41, 5.74) is 8.09. The van der Waals surface area contributed by atoms with E-state index in [4.69, 9.17) is 5.73 Å². The van der Waals surface area contributed by atoms with E-state index in [0.717, 1.165) is 18.8 Å². The van der Waals surface area contributed by atoms with Crippen LogP contribution in [0, 0.1) is 0 Å². The normalized spacial score (nSPS) is 17.9. The minimum Gasteiger partial charge on any atom is -0.397 e. The second-order valence-corrected chi connectivity index (χ2v) is 3.96. The van der Waals surface area contributed by atoms with Crippen molar-refractivity contribution < 1.29 is 0 Å². The van der Waals surface area contributed by atoms with Gasteiger partial charge in [-0.25, -0.2) is 0 Å². The van der Waals surface area contributed by atoms with Crippen LogP contribution in [0.3, 0.4) is 0 Å². The second-order valence-electron chi connectivity index (χ2n) is 3.96. The van der Waals surface area contributed by atoms with E-state index in [2.05, 4.69) is 17.0 Å². The van der Waals surface area contributed by atoms with Gasteiger partial charge in [-0.3, -0.25) is 0 Å². The standard InChI is InChI=1S/C12H18N2/c13-11-7-3-4-8-12(11)14-9-5-1-2-6-10-14/h3-4,7-8H,1-2,5-6,9-10,13H2. The van der Waals surface area contributed by atoms with Crippen LogP contribution in [0.1, 0.15) is 25.7 Å². The maximum atomic E-state index is 5.96. The van der Waals surface area contributed by atoms with Crippen molar-refractivity contribution in [2.24, 2.45) is 0 Å². The van der Waals surface area contributed by atoms with E-state index in [0.29, 0.717) is 0 Å². The molecule has 2 rings (SSSR count). The van der Waals surface area contributed by atoms with Crippen LogP contribution in [0.5, 0.6) is 0 Å². The molecule has 1 aromatic rings. The van der Waals surface area contributed by atoms with Crippen molar-refractivity contribution in [2.45, 2.75) is 25.7 Å². The monoisotopic (exact) mass is 190 g/mol. The number of nitrogens with two attached hydrogens (primary N) is 1. The first kappa shape index (κ1) is 9.38. The maximum absolute atomic E-state index is 5.96. The molecular weight excluding hydrogens is 172 g/mol. The van der Waals surface area contributed by atoms with Crippen molar-refractivity contribution in [3.05, 3.63) is 24.3 Å². The summed E-state index contributed by atoms with van der Waals surface area (Å²) in [7, 11) is 0. The first-order valence-corrected chi connectivity index (χ1v) is 5.47. The average molecular weight is 190 g/mol. The zero-order chi connectivity index (χ0) is 9.80. The molecule has 2 nitrogen and oxygen atoms in total. The Morgan fingerprint density at radius 3 is 2.21 bits per heavy atom. The molecule has 2 heteroatoms. The van der Waals surface area contributed by atoms with Gasteiger partial charge in [-0.2, -0.15) is 0 Å². The van der Waals surface area contributed by atoms with E-state index < -0.39 is 0 Å². The molecule has 0 amide bonds. The molecule has 0 aromatic heterocycles. The van der Waals surface area contributed by atoms with Gasteiger partial charge in [-0.05, 0) is 25.0 Å². The zero-order valence-corrected chi connectivity index (χ0v) is 8.58. The van der Waals surface area contributed by atoms with Crippen molar-refractivity contribution in [3.8, 4) is 0 Å². The van der Waals surface area contributed by atoms with Gasteiger partial charge in [0.25, 0.3) is 0 Å². The van der Waals surface area contributed by atoms with Crippen LogP contribution in [0.25, 0.3) is 0 Å². The number of benzene rings is 1. The Kier molecular flexibility index (Phi) is 2.92. The molecule has 1 fully saturated rings. The lowest BCUT2D eigenvalue weighted by molar-refractivity contribution is 0.726. The Hall–Kier alpha value is -1.18. The largest absolute Gasteiger partial charge is 0.397 e. The SMILES string of the molecule is Nc1ccccc1N1CCCCCC1. The predicted octanol–water partition coefficient (Wildman–Crippen LogP) is 2.65. The van der Waals surface area contributed by atoms with Gasteiger partial charge in [0.05, 0.1) is 11.4 Å². The van der Waals surface area contributed by atoms with Gasteiger partial charge in [0, 0.05) is 13.1 Å². The average Bonchev–Trinajstić information content (AvgIpc) is 2.47. The van der Waals surface area contributed by atoms with Gasteiger partial charge >= 0.3 is 0 Å². The fourth-order valence-corrected chi connectivity index (χ4v) is 2.09. The molecule has 1 aliphatic rings. The summed E-state index contributed by atoms with van der Waals surface area (Å²) < 4.78 is 0. The summed E-state index contributed by atoms with van der Waals surface area (Å²) >= 11 is 0. The summed E-state index contributed by atoms with van der Waals surface area (Å²) in [6.07, 6.45) is 5.33. The number of nitrogens with zero attached hydrogens (tertiary/aromatic N) is 1. The van der Waals surface area contributed by atoms with Gasteiger partial charge in [0.2, 0.25) is 0 Å². The third-order valence-electron chi connectivity index (χ3n) is 2.88. The van der Waals surface area contributed by atoms with Gasteiger partial charge in [-0.15, -0.1) is 0 Å². The lowest BCUT2D eigenvalue weighted by atomic mass is 10.2. The molecule has 2 N–H and O–H groups in total. The second kappa shape index (κ2) is 4.36. The quantitative estimate of drug-likeness (QED) is 0.690. The predicted molar refractivity (Wildman–Crippen MR) is 61.5 cm³/mol. The fourth-order valence-electron chi connectivity index (χ4n) is 2.09. The minimum atomic E-state index is 0.911. The maximum Gasteiger partial charge on any atom is 0.0599 e. The molecule has 0 atom stereocenters. The number of rotatable bonds is 1. The Bertz CT molecular complexity index is 288. The Morgan fingerprint density at radius 2 is 1.57 bits per heavy atom. The highest BCUT2D eigenvalue weighted by atomic mass is 15.1. The molecule has 0 radical (unpaired) electrons. The van der Waals surface area contributed by atoms with Gasteiger partial charge in [-0.1, -0.05) is 25.0 Å². The van der Waals surface area contributed by atoms with E-state index >= 15 is 0 Å². The fraction of sp³-hybridized carbons (Fsp3) is 0.500. The van der Waals surface area contributed by atoms with E-state index in [1.165, 1.54) is 31.4 Å².